The Morgan fingerprint density at radius 3 is 2.80 bits per heavy atom. The lowest BCUT2D eigenvalue weighted by Crippen LogP contribution is -1.98. The first-order valence-corrected chi connectivity index (χ1v) is 7.36. The van der Waals surface area contributed by atoms with Gasteiger partial charge in [0.25, 0.3) is 0 Å². The molecule has 2 aromatic heterocycles. The zero-order chi connectivity index (χ0) is 14.1. The monoisotopic (exact) mass is 349 g/mol. The summed E-state index contributed by atoms with van der Waals surface area (Å²) in [5, 5.41) is 11.2. The van der Waals surface area contributed by atoms with E-state index in [1.165, 1.54) is 11.3 Å². The number of hydrogen-bond donors (Lipinski definition) is 1. The molecule has 6 heteroatoms. The fourth-order valence-electron chi connectivity index (χ4n) is 1.80. The van der Waals surface area contributed by atoms with Gasteiger partial charge in [0.2, 0.25) is 5.89 Å². The van der Waals surface area contributed by atoms with Crippen LogP contribution in [0.15, 0.2) is 50.7 Å². The quantitative estimate of drug-likeness (QED) is 0.754. The van der Waals surface area contributed by atoms with Crippen molar-refractivity contribution in [3.8, 4) is 22.1 Å². The lowest BCUT2D eigenvalue weighted by Gasteiger charge is -1.98. The van der Waals surface area contributed by atoms with Crippen molar-refractivity contribution in [1.82, 2.24) is 4.98 Å². The smallest absolute Gasteiger partial charge is 0.358 e. The molecular weight excluding hydrogens is 342 g/mol. The van der Waals surface area contributed by atoms with Gasteiger partial charge in [0, 0.05) is 10.0 Å². The maximum atomic E-state index is 11.3. The van der Waals surface area contributed by atoms with Crippen molar-refractivity contribution in [3.63, 3.8) is 0 Å². The third kappa shape index (κ3) is 2.39. The van der Waals surface area contributed by atoms with Crippen LogP contribution < -0.4 is 0 Å². The largest absolute Gasteiger partial charge is 0.476 e. The van der Waals surface area contributed by atoms with Crippen LogP contribution in [0.1, 0.15) is 10.5 Å². The molecule has 0 aliphatic carbocycles. The van der Waals surface area contributed by atoms with Gasteiger partial charge in [-0.3, -0.25) is 0 Å². The average Bonchev–Trinajstić information content (AvgIpc) is 3.08. The summed E-state index contributed by atoms with van der Waals surface area (Å²) in [5.41, 5.74) is 0.596. The summed E-state index contributed by atoms with van der Waals surface area (Å²) in [5.74, 6) is -0.513. The molecule has 4 nitrogen and oxygen atoms in total. The van der Waals surface area contributed by atoms with Crippen molar-refractivity contribution in [1.29, 1.82) is 0 Å². The predicted octanol–water partition coefficient (Wildman–Crippen LogP) is 4.53. The number of oxazole rings is 1. The number of carbonyl (C=O) groups is 1. The molecule has 0 aliphatic heterocycles. The van der Waals surface area contributed by atoms with E-state index >= 15 is 0 Å². The molecule has 0 atom stereocenters. The van der Waals surface area contributed by atoms with Crippen LogP contribution >= 0.6 is 27.3 Å². The lowest BCUT2D eigenvalue weighted by molar-refractivity contribution is 0.0691. The van der Waals surface area contributed by atoms with Crippen LogP contribution in [0.4, 0.5) is 0 Å². The van der Waals surface area contributed by atoms with Gasteiger partial charge >= 0.3 is 5.97 Å². The standard InChI is InChI=1S/C14H8BrNO3S/c15-9-4-1-3-8(7-9)12-11(14(17)18)16-13(19-12)10-5-2-6-20-10/h1-7H,(H,17,18). The maximum Gasteiger partial charge on any atom is 0.358 e. The molecule has 3 rings (SSSR count). The van der Waals surface area contributed by atoms with Gasteiger partial charge in [-0.25, -0.2) is 9.78 Å². The second-order valence-corrected chi connectivity index (χ2v) is 5.85. The number of thiophene rings is 1. The van der Waals surface area contributed by atoms with E-state index in [9.17, 15) is 9.90 Å². The van der Waals surface area contributed by atoms with E-state index in [4.69, 9.17) is 4.42 Å². The summed E-state index contributed by atoms with van der Waals surface area (Å²) in [4.78, 5) is 16.2. The van der Waals surface area contributed by atoms with Crippen molar-refractivity contribution >= 4 is 33.2 Å². The summed E-state index contributed by atoms with van der Waals surface area (Å²) < 4.78 is 6.51. The highest BCUT2D eigenvalue weighted by atomic mass is 79.9. The van der Waals surface area contributed by atoms with E-state index in [1.807, 2.05) is 29.6 Å². The van der Waals surface area contributed by atoms with Crippen LogP contribution in [0, 0.1) is 0 Å². The summed E-state index contributed by atoms with van der Waals surface area (Å²) >= 11 is 4.81. The van der Waals surface area contributed by atoms with E-state index in [0.29, 0.717) is 11.5 Å². The predicted molar refractivity (Wildman–Crippen MR) is 79.9 cm³/mol. The Balaban J connectivity index is 2.17. The number of aromatic carboxylic acids is 1. The first-order chi connectivity index (χ1) is 9.65. The Kier molecular flexibility index (Phi) is 3.42. The number of carboxylic acid groups (broad SMARTS) is 1. The van der Waals surface area contributed by atoms with Crippen LogP contribution in [-0.4, -0.2) is 16.1 Å². The Morgan fingerprint density at radius 2 is 2.15 bits per heavy atom. The highest BCUT2D eigenvalue weighted by Crippen LogP contribution is 2.32. The van der Waals surface area contributed by atoms with Gasteiger partial charge in [0.1, 0.15) is 0 Å². The third-order valence-electron chi connectivity index (χ3n) is 2.65. The number of halogens is 1. The van der Waals surface area contributed by atoms with E-state index in [2.05, 4.69) is 20.9 Å². The van der Waals surface area contributed by atoms with Crippen LogP contribution in [-0.2, 0) is 0 Å². The van der Waals surface area contributed by atoms with Crippen LogP contribution in [0.25, 0.3) is 22.1 Å². The number of rotatable bonds is 3. The number of aromatic nitrogens is 1. The first kappa shape index (κ1) is 13.1. The highest BCUT2D eigenvalue weighted by Gasteiger charge is 2.22. The molecule has 0 amide bonds. The molecule has 0 aliphatic rings. The minimum Gasteiger partial charge on any atom is -0.476 e. The maximum absolute atomic E-state index is 11.3. The molecule has 20 heavy (non-hydrogen) atoms. The van der Waals surface area contributed by atoms with Crippen molar-refractivity contribution in [2.24, 2.45) is 0 Å². The van der Waals surface area contributed by atoms with Crippen molar-refractivity contribution in [2.45, 2.75) is 0 Å². The number of carboxylic acids is 1. The topological polar surface area (TPSA) is 63.3 Å². The Morgan fingerprint density at radius 1 is 1.30 bits per heavy atom. The van der Waals surface area contributed by atoms with E-state index in [0.717, 1.165) is 9.35 Å². The fourth-order valence-corrected chi connectivity index (χ4v) is 2.84. The van der Waals surface area contributed by atoms with Gasteiger partial charge in [-0.2, -0.15) is 0 Å². The van der Waals surface area contributed by atoms with E-state index in [1.54, 1.807) is 12.1 Å². The second kappa shape index (κ2) is 5.22. The molecule has 0 saturated heterocycles. The van der Waals surface area contributed by atoms with Gasteiger partial charge in [0.15, 0.2) is 11.5 Å². The molecule has 0 saturated carbocycles. The summed E-state index contributed by atoms with van der Waals surface area (Å²) in [6.07, 6.45) is 0. The highest BCUT2D eigenvalue weighted by molar-refractivity contribution is 9.10. The second-order valence-electron chi connectivity index (χ2n) is 3.99. The molecule has 3 aromatic rings. The minimum atomic E-state index is -1.11. The summed E-state index contributed by atoms with van der Waals surface area (Å²) in [7, 11) is 0. The Labute approximate surface area is 126 Å². The van der Waals surface area contributed by atoms with Crippen molar-refractivity contribution in [3.05, 3.63) is 51.9 Å². The van der Waals surface area contributed by atoms with Crippen molar-refractivity contribution < 1.29 is 14.3 Å². The van der Waals surface area contributed by atoms with Crippen LogP contribution in [0.3, 0.4) is 0 Å². The zero-order valence-electron chi connectivity index (χ0n) is 10.0. The molecule has 1 N–H and O–H groups in total. The molecule has 1 aromatic carbocycles. The molecule has 2 heterocycles. The molecule has 0 fully saturated rings. The number of nitrogens with zero attached hydrogens (tertiary/aromatic N) is 1. The minimum absolute atomic E-state index is 0.0773. The van der Waals surface area contributed by atoms with Crippen LogP contribution in [0.5, 0.6) is 0 Å². The van der Waals surface area contributed by atoms with Crippen molar-refractivity contribution in [2.75, 3.05) is 0 Å². The number of benzene rings is 1. The van der Waals surface area contributed by atoms with E-state index < -0.39 is 5.97 Å². The Bertz CT molecular complexity index is 765. The van der Waals surface area contributed by atoms with E-state index in [-0.39, 0.29) is 11.5 Å². The Hall–Kier alpha value is -1.92. The molecule has 0 spiro atoms. The van der Waals surface area contributed by atoms with Gasteiger partial charge in [-0.05, 0) is 23.6 Å². The van der Waals surface area contributed by atoms with Crippen LogP contribution in [0.2, 0.25) is 0 Å². The average molecular weight is 350 g/mol. The first-order valence-electron chi connectivity index (χ1n) is 5.69. The fraction of sp³-hybridized carbons (Fsp3) is 0. The molecule has 100 valence electrons. The molecule has 0 radical (unpaired) electrons. The van der Waals surface area contributed by atoms with Gasteiger partial charge < -0.3 is 9.52 Å². The number of hydrogen-bond acceptors (Lipinski definition) is 4. The zero-order valence-corrected chi connectivity index (χ0v) is 12.4. The normalized spacial score (nSPS) is 10.7. The van der Waals surface area contributed by atoms with Gasteiger partial charge in [0.05, 0.1) is 4.88 Å². The van der Waals surface area contributed by atoms with Gasteiger partial charge in [-0.1, -0.05) is 34.1 Å². The van der Waals surface area contributed by atoms with Gasteiger partial charge in [-0.15, -0.1) is 11.3 Å². The summed E-state index contributed by atoms with van der Waals surface area (Å²) in [6.45, 7) is 0. The molecular formula is C14H8BrNO3S. The summed E-state index contributed by atoms with van der Waals surface area (Å²) in [6, 6.07) is 11.0. The lowest BCUT2D eigenvalue weighted by atomic mass is 10.1. The third-order valence-corrected chi connectivity index (χ3v) is 4.00. The molecule has 0 unspecified atom stereocenters. The molecule has 0 bridgehead atoms. The SMILES string of the molecule is O=C(O)c1nc(-c2cccs2)oc1-c1cccc(Br)c1.